The number of rotatable bonds is 8. The van der Waals surface area contributed by atoms with Crippen molar-refractivity contribution in [2.24, 2.45) is 4.99 Å². The highest BCUT2D eigenvalue weighted by Crippen LogP contribution is 2.33. The number of hydrogen-bond acceptors (Lipinski definition) is 5. The van der Waals surface area contributed by atoms with E-state index in [1.165, 1.54) is 18.5 Å². The summed E-state index contributed by atoms with van der Waals surface area (Å²) in [4.78, 5) is 7.71. The van der Waals surface area contributed by atoms with Gasteiger partial charge in [0, 0.05) is 38.6 Å². The quantitative estimate of drug-likeness (QED) is 0.351. The lowest BCUT2D eigenvalue weighted by Gasteiger charge is -2.18. The van der Waals surface area contributed by atoms with Crippen LogP contribution in [0.5, 0.6) is 0 Å². The van der Waals surface area contributed by atoms with Crippen LogP contribution in [0, 0.1) is 0 Å². The Morgan fingerprint density at radius 1 is 1.35 bits per heavy atom. The maximum atomic E-state index is 12.9. The Hall–Kier alpha value is -2.04. The Labute approximate surface area is 151 Å². The molecular weight excluding hydrogens is 371 g/mol. The van der Waals surface area contributed by atoms with Crippen molar-refractivity contribution in [2.45, 2.75) is 25.6 Å². The van der Waals surface area contributed by atoms with Crippen LogP contribution in [0.3, 0.4) is 0 Å². The topological polar surface area (TPSA) is 95.5 Å². The Balaban J connectivity index is 2.45. The van der Waals surface area contributed by atoms with Gasteiger partial charge in [-0.2, -0.15) is 13.2 Å². The standard InChI is InChI=1S/C15H24F3N5O2S/c1-11(6-10-26(3,24)25)23-14(19-2)22-9-8-21-13-12(15(16,17)18)5-4-7-20-13/h4-5,7,11H,6,8-10H2,1-3H3,(H,20,21)(H2,19,22,23). The highest BCUT2D eigenvalue weighted by atomic mass is 32.2. The number of guanidine groups is 1. The van der Waals surface area contributed by atoms with Gasteiger partial charge in [0.25, 0.3) is 0 Å². The molecule has 0 aliphatic carbocycles. The molecule has 0 aromatic carbocycles. The molecule has 148 valence electrons. The molecule has 1 rings (SSSR count). The largest absolute Gasteiger partial charge is 0.419 e. The minimum absolute atomic E-state index is 0.0552. The van der Waals surface area contributed by atoms with E-state index in [2.05, 4.69) is 25.9 Å². The molecule has 1 atom stereocenters. The Kier molecular flexibility index (Phi) is 8.12. The fourth-order valence-corrected chi connectivity index (χ4v) is 2.81. The highest BCUT2D eigenvalue weighted by Gasteiger charge is 2.33. The van der Waals surface area contributed by atoms with Gasteiger partial charge in [0.2, 0.25) is 0 Å². The zero-order valence-corrected chi connectivity index (χ0v) is 15.7. The predicted octanol–water partition coefficient (Wildman–Crippen LogP) is 1.50. The number of aromatic nitrogens is 1. The number of sulfone groups is 1. The molecule has 7 nitrogen and oxygen atoms in total. The maximum Gasteiger partial charge on any atom is 0.419 e. The fraction of sp³-hybridized carbons (Fsp3) is 0.600. The molecule has 0 spiro atoms. The van der Waals surface area contributed by atoms with Crippen LogP contribution in [-0.2, 0) is 16.0 Å². The van der Waals surface area contributed by atoms with E-state index in [1.54, 1.807) is 7.05 Å². The molecule has 1 aromatic heterocycles. The molecule has 0 saturated heterocycles. The van der Waals surface area contributed by atoms with Crippen molar-refractivity contribution in [2.75, 3.05) is 37.5 Å². The third kappa shape index (κ3) is 8.37. The van der Waals surface area contributed by atoms with Crippen molar-refractivity contribution < 1.29 is 21.6 Å². The third-order valence-corrected chi connectivity index (χ3v) is 4.33. The Morgan fingerprint density at radius 3 is 2.62 bits per heavy atom. The SMILES string of the molecule is CN=C(NCCNc1ncccc1C(F)(F)F)NC(C)CCS(C)(=O)=O. The van der Waals surface area contributed by atoms with E-state index in [4.69, 9.17) is 0 Å². The first kappa shape index (κ1) is 22.0. The lowest BCUT2D eigenvalue weighted by molar-refractivity contribution is -0.137. The molecule has 1 aromatic rings. The molecule has 0 radical (unpaired) electrons. The van der Waals surface area contributed by atoms with Crippen LogP contribution in [0.25, 0.3) is 0 Å². The molecule has 0 fully saturated rings. The van der Waals surface area contributed by atoms with Crippen molar-refractivity contribution in [3.63, 3.8) is 0 Å². The molecule has 0 saturated carbocycles. The molecule has 3 N–H and O–H groups in total. The number of aliphatic imine (C=N–C) groups is 1. The number of halogens is 3. The second-order valence-electron chi connectivity index (χ2n) is 5.79. The lowest BCUT2D eigenvalue weighted by atomic mass is 10.2. The summed E-state index contributed by atoms with van der Waals surface area (Å²) in [6.45, 7) is 2.31. The summed E-state index contributed by atoms with van der Waals surface area (Å²) in [7, 11) is -1.49. The van der Waals surface area contributed by atoms with Crippen LogP contribution >= 0.6 is 0 Å². The van der Waals surface area contributed by atoms with Gasteiger partial charge >= 0.3 is 6.18 Å². The van der Waals surface area contributed by atoms with E-state index < -0.39 is 21.6 Å². The van der Waals surface area contributed by atoms with Crippen molar-refractivity contribution >= 4 is 21.6 Å². The fourth-order valence-electron chi connectivity index (χ4n) is 2.03. The number of pyridine rings is 1. The van der Waals surface area contributed by atoms with Crippen molar-refractivity contribution in [1.29, 1.82) is 0 Å². The summed E-state index contributed by atoms with van der Waals surface area (Å²) >= 11 is 0. The van der Waals surface area contributed by atoms with E-state index in [1.807, 2.05) is 6.92 Å². The summed E-state index contributed by atoms with van der Waals surface area (Å²) in [5, 5.41) is 8.61. The van der Waals surface area contributed by atoms with E-state index >= 15 is 0 Å². The van der Waals surface area contributed by atoms with Crippen molar-refractivity contribution in [3.05, 3.63) is 23.9 Å². The molecule has 26 heavy (non-hydrogen) atoms. The molecular formula is C15H24F3N5O2S. The minimum atomic E-state index is -4.48. The van der Waals surface area contributed by atoms with Crippen molar-refractivity contribution in [3.8, 4) is 0 Å². The number of alkyl halides is 3. The van der Waals surface area contributed by atoms with Crippen LogP contribution < -0.4 is 16.0 Å². The minimum Gasteiger partial charge on any atom is -0.368 e. The molecule has 0 bridgehead atoms. The van der Waals surface area contributed by atoms with Gasteiger partial charge in [-0.15, -0.1) is 0 Å². The van der Waals surface area contributed by atoms with E-state index in [0.29, 0.717) is 18.9 Å². The average molecular weight is 395 g/mol. The van der Waals surface area contributed by atoms with E-state index in [9.17, 15) is 21.6 Å². The van der Waals surface area contributed by atoms with Crippen LogP contribution in [-0.4, -0.2) is 57.5 Å². The second-order valence-corrected chi connectivity index (χ2v) is 8.05. The van der Waals surface area contributed by atoms with E-state index in [0.717, 1.165) is 6.07 Å². The lowest BCUT2D eigenvalue weighted by Crippen LogP contribution is -2.44. The summed E-state index contributed by atoms with van der Waals surface area (Å²) in [6, 6.07) is 2.07. The normalized spacial score (nSPS) is 14.0. The molecule has 0 aliphatic heterocycles. The Morgan fingerprint density at radius 2 is 2.04 bits per heavy atom. The number of hydrogen-bond donors (Lipinski definition) is 3. The second kappa shape index (κ2) is 9.60. The van der Waals surface area contributed by atoms with Crippen LogP contribution in [0.1, 0.15) is 18.9 Å². The average Bonchev–Trinajstić information content (AvgIpc) is 2.54. The van der Waals surface area contributed by atoms with Crippen LogP contribution in [0.15, 0.2) is 23.3 Å². The Bertz CT molecular complexity index is 707. The van der Waals surface area contributed by atoms with Gasteiger partial charge in [0.15, 0.2) is 5.96 Å². The maximum absolute atomic E-state index is 12.9. The van der Waals surface area contributed by atoms with Gasteiger partial charge in [-0.1, -0.05) is 0 Å². The summed E-state index contributed by atoms with van der Waals surface area (Å²) < 4.78 is 61.0. The van der Waals surface area contributed by atoms with E-state index in [-0.39, 0.29) is 24.2 Å². The zero-order chi connectivity index (χ0) is 19.8. The van der Waals surface area contributed by atoms with Gasteiger partial charge < -0.3 is 16.0 Å². The molecule has 1 unspecified atom stereocenters. The molecule has 11 heteroatoms. The summed E-state index contributed by atoms with van der Waals surface area (Å²) in [5.74, 6) is 0.260. The van der Waals surface area contributed by atoms with Crippen molar-refractivity contribution in [1.82, 2.24) is 15.6 Å². The zero-order valence-electron chi connectivity index (χ0n) is 14.9. The first-order valence-electron chi connectivity index (χ1n) is 7.94. The van der Waals surface area contributed by atoms with Gasteiger partial charge in [0.1, 0.15) is 15.7 Å². The number of nitrogens with zero attached hydrogens (tertiary/aromatic N) is 2. The van der Waals surface area contributed by atoms with Gasteiger partial charge in [0.05, 0.1) is 11.3 Å². The third-order valence-electron chi connectivity index (χ3n) is 3.35. The first-order valence-corrected chi connectivity index (χ1v) is 10.00. The smallest absolute Gasteiger partial charge is 0.368 e. The van der Waals surface area contributed by atoms with Crippen LogP contribution in [0.2, 0.25) is 0 Å². The molecule has 0 amide bonds. The number of anilines is 1. The molecule has 0 aliphatic rings. The predicted molar refractivity (Wildman–Crippen MR) is 96.0 cm³/mol. The molecule has 1 heterocycles. The number of nitrogens with one attached hydrogen (secondary N) is 3. The first-order chi connectivity index (χ1) is 12.0. The van der Waals surface area contributed by atoms with Gasteiger partial charge in [-0.25, -0.2) is 13.4 Å². The van der Waals surface area contributed by atoms with Crippen LogP contribution in [0.4, 0.5) is 19.0 Å². The summed E-state index contributed by atoms with van der Waals surface area (Å²) in [5.41, 5.74) is -0.822. The van der Waals surface area contributed by atoms with Gasteiger partial charge in [-0.3, -0.25) is 4.99 Å². The highest BCUT2D eigenvalue weighted by molar-refractivity contribution is 7.90. The summed E-state index contributed by atoms with van der Waals surface area (Å²) in [6.07, 6.45) is -1.60. The van der Waals surface area contributed by atoms with Gasteiger partial charge in [-0.05, 0) is 25.5 Å². The monoisotopic (exact) mass is 395 g/mol.